The van der Waals surface area contributed by atoms with Crippen LogP contribution in [0.5, 0.6) is 5.75 Å². The van der Waals surface area contributed by atoms with Crippen LogP contribution in [0.2, 0.25) is 0 Å². The number of ether oxygens (including phenoxy) is 2. The number of piperazine rings is 1. The van der Waals surface area contributed by atoms with Gasteiger partial charge in [-0.1, -0.05) is 12.1 Å². The molecule has 0 spiro atoms. The van der Waals surface area contributed by atoms with Crippen LogP contribution in [0.4, 0.5) is 5.69 Å². The van der Waals surface area contributed by atoms with Crippen molar-refractivity contribution in [1.29, 1.82) is 0 Å². The van der Waals surface area contributed by atoms with Crippen molar-refractivity contribution in [3.05, 3.63) is 64.7 Å². The molecular weight excluding hydrogens is 546 g/mol. The topological polar surface area (TPSA) is 106 Å². The van der Waals surface area contributed by atoms with Crippen LogP contribution < -0.4 is 20.5 Å². The summed E-state index contributed by atoms with van der Waals surface area (Å²) in [5.41, 5.74) is 1.89. The molecule has 1 N–H and O–H groups in total. The number of hydrogen-bond acceptors (Lipinski definition) is 8. The van der Waals surface area contributed by atoms with Crippen LogP contribution in [0.1, 0.15) is 38.9 Å². The molecule has 1 aliphatic rings. The Morgan fingerprint density at radius 2 is 1.74 bits per heavy atom. The lowest BCUT2D eigenvalue weighted by molar-refractivity contribution is -0.121. The normalized spacial score (nSPS) is 14.2. The van der Waals surface area contributed by atoms with Gasteiger partial charge in [-0.2, -0.15) is 0 Å². The fourth-order valence-electron chi connectivity index (χ4n) is 5.59. The number of anilines is 1. The van der Waals surface area contributed by atoms with E-state index >= 15 is 0 Å². The molecule has 11 heteroatoms. The van der Waals surface area contributed by atoms with Gasteiger partial charge in [0.25, 0.3) is 5.56 Å². The second kappa shape index (κ2) is 14.5. The third-order valence-corrected chi connectivity index (χ3v) is 7.91. The summed E-state index contributed by atoms with van der Waals surface area (Å²) in [7, 11) is 1.68. The quantitative estimate of drug-likeness (QED) is 0.224. The first kappa shape index (κ1) is 30.5. The lowest BCUT2D eigenvalue weighted by Gasteiger charge is -2.36. The maximum Gasteiger partial charge on any atom is 0.262 e. The van der Waals surface area contributed by atoms with Crippen molar-refractivity contribution in [3.63, 3.8) is 0 Å². The minimum Gasteiger partial charge on any atom is -0.497 e. The Bertz CT molecular complexity index is 1560. The molecule has 0 atom stereocenters. The number of amides is 1. The van der Waals surface area contributed by atoms with Gasteiger partial charge in [0, 0.05) is 64.4 Å². The van der Waals surface area contributed by atoms with Crippen LogP contribution in [0, 0.1) is 0 Å². The largest absolute Gasteiger partial charge is 0.497 e. The van der Waals surface area contributed by atoms with Gasteiger partial charge in [0.15, 0.2) is 0 Å². The van der Waals surface area contributed by atoms with Gasteiger partial charge in [-0.25, -0.2) is 0 Å². The van der Waals surface area contributed by atoms with Gasteiger partial charge in [0.2, 0.25) is 11.7 Å². The van der Waals surface area contributed by atoms with Crippen molar-refractivity contribution in [3.8, 4) is 5.75 Å². The van der Waals surface area contributed by atoms with E-state index in [1.54, 1.807) is 11.7 Å². The summed E-state index contributed by atoms with van der Waals surface area (Å²) in [6, 6.07) is 15.7. The molecule has 0 saturated carbocycles. The number of aryl methyl sites for hydroxylation is 2. The molecule has 1 aliphatic heterocycles. The van der Waals surface area contributed by atoms with E-state index in [-0.39, 0.29) is 17.6 Å². The molecule has 0 unspecified atom stereocenters. The maximum atomic E-state index is 13.3. The van der Waals surface area contributed by atoms with Crippen LogP contribution in [-0.4, -0.2) is 89.1 Å². The molecule has 2 aromatic heterocycles. The third kappa shape index (κ3) is 7.52. The number of hydrogen-bond donors (Lipinski definition) is 1. The van der Waals surface area contributed by atoms with E-state index in [0.29, 0.717) is 55.9 Å². The van der Waals surface area contributed by atoms with Crippen molar-refractivity contribution >= 4 is 28.3 Å². The number of nitrogens with one attached hydrogen (secondary N) is 1. The number of rotatable bonds is 14. The van der Waals surface area contributed by atoms with Gasteiger partial charge in [-0.15, -0.1) is 10.2 Å². The van der Waals surface area contributed by atoms with Gasteiger partial charge >= 0.3 is 0 Å². The van der Waals surface area contributed by atoms with E-state index < -0.39 is 0 Å². The molecule has 230 valence electrons. The molecule has 2 aromatic carbocycles. The maximum absolute atomic E-state index is 13.3. The number of nitrogens with zero attached hydrogens (tertiary/aromatic N) is 6. The predicted octanol–water partition coefficient (Wildman–Crippen LogP) is 3.13. The zero-order valence-corrected chi connectivity index (χ0v) is 25.5. The van der Waals surface area contributed by atoms with E-state index in [0.717, 1.165) is 50.4 Å². The predicted molar refractivity (Wildman–Crippen MR) is 168 cm³/mol. The molecule has 0 bridgehead atoms. The fourth-order valence-corrected chi connectivity index (χ4v) is 5.59. The summed E-state index contributed by atoms with van der Waals surface area (Å²) in [5, 5.41) is 12.4. The van der Waals surface area contributed by atoms with Crippen molar-refractivity contribution in [2.75, 3.05) is 57.9 Å². The zero-order chi connectivity index (χ0) is 30.2. The van der Waals surface area contributed by atoms with Crippen LogP contribution in [0.15, 0.2) is 53.3 Å². The van der Waals surface area contributed by atoms with Gasteiger partial charge in [-0.05, 0) is 69.6 Å². The molecule has 43 heavy (non-hydrogen) atoms. The summed E-state index contributed by atoms with van der Waals surface area (Å²) in [6.45, 7) is 10.6. The number of carbonyl (C=O) groups excluding carboxylic acids is 1. The van der Waals surface area contributed by atoms with Gasteiger partial charge in [0.05, 0.1) is 24.1 Å². The molecule has 1 amide bonds. The average molecular weight is 590 g/mol. The first-order valence-electron chi connectivity index (χ1n) is 15.3. The van der Waals surface area contributed by atoms with E-state index in [9.17, 15) is 9.59 Å². The molecule has 3 heterocycles. The Morgan fingerprint density at radius 1 is 0.977 bits per heavy atom. The number of para-hydroxylation sites is 1. The minimum absolute atomic E-state index is 0.00969. The highest BCUT2D eigenvalue weighted by molar-refractivity contribution is 5.80. The summed E-state index contributed by atoms with van der Waals surface area (Å²) in [4.78, 5) is 30.8. The van der Waals surface area contributed by atoms with Crippen molar-refractivity contribution in [2.24, 2.45) is 0 Å². The van der Waals surface area contributed by atoms with E-state index in [4.69, 9.17) is 9.47 Å². The highest BCUT2D eigenvalue weighted by Crippen LogP contribution is 2.20. The zero-order valence-electron chi connectivity index (χ0n) is 25.5. The molecular formula is C32H43N7O4. The molecule has 1 saturated heterocycles. The molecule has 0 radical (unpaired) electrons. The van der Waals surface area contributed by atoms with Crippen molar-refractivity contribution in [1.82, 2.24) is 29.4 Å². The standard InChI is InChI=1S/C32H43N7O4/c1-24(2)43-23-7-18-38-31(41)27-8-4-5-9-28(27)39-29(34-35-32(38)39)14-15-30(40)33-16-6-17-36-19-21-37(22-20-36)25-10-12-26(42-3)13-11-25/h4-5,8-13,24H,6-7,14-23H2,1-3H3,(H,33,40). The lowest BCUT2D eigenvalue weighted by Crippen LogP contribution is -2.47. The number of carbonyl (C=O) groups is 1. The second-order valence-corrected chi connectivity index (χ2v) is 11.2. The van der Waals surface area contributed by atoms with Crippen molar-refractivity contribution in [2.45, 2.75) is 52.2 Å². The summed E-state index contributed by atoms with van der Waals surface area (Å²) >= 11 is 0. The average Bonchev–Trinajstić information content (AvgIpc) is 3.46. The molecule has 0 aliphatic carbocycles. The Morgan fingerprint density at radius 3 is 2.49 bits per heavy atom. The third-order valence-electron chi connectivity index (χ3n) is 7.91. The first-order valence-corrected chi connectivity index (χ1v) is 15.3. The highest BCUT2D eigenvalue weighted by atomic mass is 16.5. The number of benzene rings is 2. The summed E-state index contributed by atoms with van der Waals surface area (Å²) in [5.74, 6) is 2.03. The van der Waals surface area contributed by atoms with Gasteiger partial charge < -0.3 is 19.7 Å². The molecule has 11 nitrogen and oxygen atoms in total. The number of methoxy groups -OCH3 is 1. The van der Waals surface area contributed by atoms with Crippen LogP contribution >= 0.6 is 0 Å². The van der Waals surface area contributed by atoms with Crippen LogP contribution in [-0.2, 0) is 22.5 Å². The fraction of sp³-hybridized carbons (Fsp3) is 0.500. The smallest absolute Gasteiger partial charge is 0.262 e. The van der Waals surface area contributed by atoms with E-state index in [2.05, 4.69) is 37.4 Å². The number of aromatic nitrogens is 4. The molecule has 1 fully saturated rings. The Kier molecular flexibility index (Phi) is 10.3. The van der Waals surface area contributed by atoms with Crippen LogP contribution in [0.25, 0.3) is 16.7 Å². The SMILES string of the molecule is COc1ccc(N2CCN(CCCNC(=O)CCc3nnc4n(CCCOC(C)C)c(=O)c5ccccc5n34)CC2)cc1. The minimum atomic E-state index is -0.0912. The second-order valence-electron chi connectivity index (χ2n) is 11.2. The lowest BCUT2D eigenvalue weighted by atomic mass is 10.2. The Balaban J connectivity index is 1.10. The van der Waals surface area contributed by atoms with Crippen molar-refractivity contribution < 1.29 is 14.3 Å². The molecule has 4 aromatic rings. The first-order chi connectivity index (χ1) is 20.9. The van der Waals surface area contributed by atoms with Gasteiger partial charge in [-0.3, -0.25) is 23.5 Å². The van der Waals surface area contributed by atoms with E-state index in [1.807, 2.05) is 54.6 Å². The van der Waals surface area contributed by atoms with Crippen LogP contribution in [0.3, 0.4) is 0 Å². The monoisotopic (exact) mass is 589 g/mol. The Labute approximate surface area is 252 Å². The van der Waals surface area contributed by atoms with E-state index in [1.165, 1.54) is 5.69 Å². The van der Waals surface area contributed by atoms with Gasteiger partial charge in [0.1, 0.15) is 11.6 Å². The Hall–Kier alpha value is -3.96. The summed E-state index contributed by atoms with van der Waals surface area (Å²) < 4.78 is 14.5. The summed E-state index contributed by atoms with van der Waals surface area (Å²) in [6.07, 6.45) is 2.46. The number of fused-ring (bicyclic) bond motifs is 3. The molecule has 5 rings (SSSR count). The highest BCUT2D eigenvalue weighted by Gasteiger charge is 2.19.